The average molecular weight is 195 g/mol. The summed E-state index contributed by atoms with van der Waals surface area (Å²) in [7, 11) is 1.59. The third-order valence-electron chi connectivity index (χ3n) is 1.84. The van der Waals surface area contributed by atoms with Crippen LogP contribution < -0.4 is 10.1 Å². The highest BCUT2D eigenvalue weighted by Crippen LogP contribution is 2.15. The molecule has 4 nitrogen and oxygen atoms in total. The zero-order valence-electron chi connectivity index (χ0n) is 8.15. The first-order chi connectivity index (χ1) is 6.63. The lowest BCUT2D eigenvalue weighted by Gasteiger charge is -2.10. The number of carboxylic acids is 1. The van der Waals surface area contributed by atoms with Crippen molar-refractivity contribution in [2.45, 2.75) is 13.0 Å². The topological polar surface area (TPSA) is 58.6 Å². The van der Waals surface area contributed by atoms with Crippen LogP contribution in [0.15, 0.2) is 24.3 Å². The molecule has 4 heteroatoms. The van der Waals surface area contributed by atoms with E-state index in [0.29, 0.717) is 0 Å². The van der Waals surface area contributed by atoms with Crippen LogP contribution in [0, 0.1) is 0 Å². The van der Waals surface area contributed by atoms with Gasteiger partial charge in [-0.3, -0.25) is 4.79 Å². The van der Waals surface area contributed by atoms with Crippen molar-refractivity contribution >= 4 is 11.7 Å². The van der Waals surface area contributed by atoms with E-state index < -0.39 is 12.0 Å². The molecule has 0 aliphatic rings. The van der Waals surface area contributed by atoms with Crippen molar-refractivity contribution in [1.29, 1.82) is 0 Å². The predicted octanol–water partition coefficient (Wildman–Crippen LogP) is 1.58. The van der Waals surface area contributed by atoms with Gasteiger partial charge in [-0.25, -0.2) is 0 Å². The fourth-order valence-electron chi connectivity index (χ4n) is 0.999. The second kappa shape index (κ2) is 4.50. The molecular formula is C10H13NO3. The summed E-state index contributed by atoms with van der Waals surface area (Å²) in [6.45, 7) is 1.59. The number of carboxylic acid groups (broad SMARTS) is 1. The molecule has 1 unspecified atom stereocenters. The van der Waals surface area contributed by atoms with Gasteiger partial charge in [0.25, 0.3) is 0 Å². The van der Waals surface area contributed by atoms with Crippen LogP contribution in [0.25, 0.3) is 0 Å². The van der Waals surface area contributed by atoms with E-state index in [4.69, 9.17) is 9.84 Å². The largest absolute Gasteiger partial charge is 0.497 e. The number of hydrogen-bond acceptors (Lipinski definition) is 3. The Kier molecular flexibility index (Phi) is 3.34. The van der Waals surface area contributed by atoms with Crippen molar-refractivity contribution < 1.29 is 14.6 Å². The minimum atomic E-state index is -0.874. The van der Waals surface area contributed by atoms with Gasteiger partial charge in [0.1, 0.15) is 11.8 Å². The monoisotopic (exact) mass is 195 g/mol. The van der Waals surface area contributed by atoms with Crippen molar-refractivity contribution in [3.05, 3.63) is 24.3 Å². The third kappa shape index (κ3) is 2.65. The molecule has 0 aliphatic carbocycles. The fraction of sp³-hybridized carbons (Fsp3) is 0.300. The summed E-state index contributed by atoms with van der Waals surface area (Å²) in [4.78, 5) is 10.5. The molecule has 1 aromatic carbocycles. The van der Waals surface area contributed by atoms with Crippen molar-refractivity contribution in [3.63, 3.8) is 0 Å². The maximum Gasteiger partial charge on any atom is 0.325 e. The van der Waals surface area contributed by atoms with Gasteiger partial charge in [-0.1, -0.05) is 0 Å². The van der Waals surface area contributed by atoms with Gasteiger partial charge in [0.2, 0.25) is 0 Å². The Labute approximate surface area is 82.5 Å². The highest BCUT2D eigenvalue weighted by molar-refractivity contribution is 5.76. The van der Waals surface area contributed by atoms with Crippen LogP contribution in [0.3, 0.4) is 0 Å². The normalized spacial score (nSPS) is 11.9. The van der Waals surface area contributed by atoms with Gasteiger partial charge in [-0.2, -0.15) is 0 Å². The van der Waals surface area contributed by atoms with E-state index in [9.17, 15) is 4.79 Å². The molecule has 14 heavy (non-hydrogen) atoms. The van der Waals surface area contributed by atoms with Crippen molar-refractivity contribution in [3.8, 4) is 5.75 Å². The van der Waals surface area contributed by atoms with Gasteiger partial charge in [0.05, 0.1) is 7.11 Å². The van der Waals surface area contributed by atoms with Gasteiger partial charge in [-0.15, -0.1) is 0 Å². The number of methoxy groups -OCH3 is 1. The molecule has 0 radical (unpaired) electrons. The molecule has 1 aromatic rings. The van der Waals surface area contributed by atoms with E-state index in [1.165, 1.54) is 0 Å². The number of ether oxygens (including phenoxy) is 1. The number of benzene rings is 1. The van der Waals surface area contributed by atoms with E-state index in [1.807, 2.05) is 0 Å². The maximum atomic E-state index is 10.5. The second-order valence-corrected chi connectivity index (χ2v) is 2.93. The van der Waals surface area contributed by atoms with Gasteiger partial charge in [-0.05, 0) is 31.2 Å². The standard InChI is InChI=1S/C10H13NO3/c1-7(10(12)13)11-8-3-5-9(14-2)6-4-8/h3-7,11H,1-2H3,(H,12,13). The first-order valence-electron chi connectivity index (χ1n) is 4.27. The summed E-state index contributed by atoms with van der Waals surface area (Å²) in [6, 6.07) is 6.51. The van der Waals surface area contributed by atoms with Gasteiger partial charge in [0, 0.05) is 5.69 Å². The van der Waals surface area contributed by atoms with E-state index in [2.05, 4.69) is 5.32 Å². The molecule has 2 N–H and O–H groups in total. The van der Waals surface area contributed by atoms with Crippen LogP contribution in [-0.2, 0) is 4.79 Å². The fourth-order valence-corrected chi connectivity index (χ4v) is 0.999. The summed E-state index contributed by atoms with van der Waals surface area (Å²) in [5.74, 6) is -0.126. The second-order valence-electron chi connectivity index (χ2n) is 2.93. The van der Waals surface area contributed by atoms with Crippen LogP contribution in [0.5, 0.6) is 5.75 Å². The molecule has 76 valence electrons. The number of aliphatic carboxylic acids is 1. The molecule has 0 spiro atoms. The molecule has 0 fully saturated rings. The lowest BCUT2D eigenvalue weighted by Crippen LogP contribution is -2.25. The van der Waals surface area contributed by atoms with E-state index in [1.54, 1.807) is 38.3 Å². The highest BCUT2D eigenvalue weighted by Gasteiger charge is 2.09. The smallest absolute Gasteiger partial charge is 0.325 e. The number of nitrogens with one attached hydrogen (secondary N) is 1. The molecule has 0 aliphatic heterocycles. The minimum absolute atomic E-state index is 0.594. The third-order valence-corrected chi connectivity index (χ3v) is 1.84. The molecule has 1 atom stereocenters. The Balaban J connectivity index is 2.64. The van der Waals surface area contributed by atoms with Crippen LogP contribution >= 0.6 is 0 Å². The first kappa shape index (κ1) is 10.4. The Bertz CT molecular complexity index is 308. The first-order valence-corrected chi connectivity index (χ1v) is 4.27. The van der Waals surface area contributed by atoms with E-state index in [-0.39, 0.29) is 0 Å². The zero-order valence-corrected chi connectivity index (χ0v) is 8.15. The number of rotatable bonds is 4. The zero-order chi connectivity index (χ0) is 10.6. The van der Waals surface area contributed by atoms with Crippen LogP contribution in [-0.4, -0.2) is 24.2 Å². The summed E-state index contributed by atoms with van der Waals surface area (Å²) in [5.41, 5.74) is 0.765. The summed E-state index contributed by atoms with van der Waals surface area (Å²) < 4.78 is 4.98. The number of anilines is 1. The lowest BCUT2D eigenvalue weighted by molar-refractivity contribution is -0.137. The van der Waals surface area contributed by atoms with Crippen LogP contribution in [0.1, 0.15) is 6.92 Å². The average Bonchev–Trinajstić information content (AvgIpc) is 2.19. The minimum Gasteiger partial charge on any atom is -0.497 e. The maximum absolute atomic E-state index is 10.5. The molecule has 0 heterocycles. The Morgan fingerprint density at radius 2 is 2.00 bits per heavy atom. The summed E-state index contributed by atoms with van der Waals surface area (Å²) >= 11 is 0. The summed E-state index contributed by atoms with van der Waals surface area (Å²) in [6.07, 6.45) is 0. The van der Waals surface area contributed by atoms with E-state index >= 15 is 0 Å². The Morgan fingerprint density at radius 1 is 1.43 bits per heavy atom. The highest BCUT2D eigenvalue weighted by atomic mass is 16.5. The van der Waals surface area contributed by atoms with Crippen molar-refractivity contribution in [2.75, 3.05) is 12.4 Å². The number of carbonyl (C=O) groups is 1. The lowest BCUT2D eigenvalue weighted by atomic mass is 10.2. The van der Waals surface area contributed by atoms with Crippen molar-refractivity contribution in [1.82, 2.24) is 0 Å². The van der Waals surface area contributed by atoms with Crippen LogP contribution in [0.4, 0.5) is 5.69 Å². The van der Waals surface area contributed by atoms with Crippen molar-refractivity contribution in [2.24, 2.45) is 0 Å². The molecule has 0 amide bonds. The molecule has 0 saturated heterocycles. The molecular weight excluding hydrogens is 182 g/mol. The quantitative estimate of drug-likeness (QED) is 0.765. The molecule has 0 saturated carbocycles. The predicted molar refractivity (Wildman–Crippen MR) is 53.7 cm³/mol. The van der Waals surface area contributed by atoms with Gasteiger partial charge < -0.3 is 15.2 Å². The molecule has 0 aromatic heterocycles. The van der Waals surface area contributed by atoms with Gasteiger partial charge in [0.15, 0.2) is 0 Å². The number of hydrogen-bond donors (Lipinski definition) is 2. The Morgan fingerprint density at radius 3 is 2.43 bits per heavy atom. The summed E-state index contributed by atoms with van der Waals surface area (Å²) in [5, 5.41) is 11.5. The molecule has 0 bridgehead atoms. The van der Waals surface area contributed by atoms with E-state index in [0.717, 1.165) is 11.4 Å². The SMILES string of the molecule is COc1ccc(NC(C)C(=O)O)cc1. The molecule has 1 rings (SSSR count). The van der Waals surface area contributed by atoms with Gasteiger partial charge >= 0.3 is 5.97 Å². The Hall–Kier alpha value is -1.71. The van der Waals surface area contributed by atoms with Crippen LogP contribution in [0.2, 0.25) is 0 Å².